The number of carbonyl (C=O) groups is 1. The molecule has 0 radical (unpaired) electrons. The highest BCUT2D eigenvalue weighted by Gasteiger charge is 2.30. The molecule has 17 nitrogen and oxygen atoms in total. The van der Waals surface area contributed by atoms with Gasteiger partial charge in [-0.1, -0.05) is 36.4 Å². The molecule has 11 N–H and O–H groups in total. The second-order valence-corrected chi connectivity index (χ2v) is 16.6. The molecule has 0 bridgehead atoms. The largest absolute Gasteiger partial charge is 0.494 e. The quantitative estimate of drug-likeness (QED) is 0.0172. The number of alkyl halides is 3. The zero-order chi connectivity index (χ0) is 48.2. The SMILES string of the molecule is CC(Cc1cccc(C(F)(F)F)c1)NCCOC(=O)c1ccccc1.Cl.N=C(N)c1ccc(OCCCCCOc2ccc(C(=N)N)cc2)cc1.O=S(=O)(O)CCO.O=S(=O)(O)CCO. The van der Waals surface area contributed by atoms with Crippen molar-refractivity contribution in [2.24, 2.45) is 11.5 Å². The number of amidine groups is 2. The Morgan fingerprint density at radius 2 is 1.15 bits per heavy atom. The molecule has 0 aliphatic heterocycles. The van der Waals surface area contributed by atoms with Crippen LogP contribution in [-0.4, -0.2) is 111 Å². The predicted octanol–water partition coefficient (Wildman–Crippen LogP) is 5.12. The highest BCUT2D eigenvalue weighted by Crippen LogP contribution is 2.29. The summed E-state index contributed by atoms with van der Waals surface area (Å²) in [5.41, 5.74) is 12.7. The minimum absolute atomic E-state index is 0. The third-order valence-corrected chi connectivity index (χ3v) is 9.39. The van der Waals surface area contributed by atoms with Gasteiger partial charge in [-0.15, -0.1) is 12.4 Å². The van der Waals surface area contributed by atoms with Gasteiger partial charge in [-0.2, -0.15) is 30.0 Å². The number of rotatable bonds is 21. The average Bonchev–Trinajstić information content (AvgIpc) is 3.22. The Bertz CT molecular complexity index is 2110. The van der Waals surface area contributed by atoms with Crippen LogP contribution < -0.4 is 26.3 Å². The van der Waals surface area contributed by atoms with Gasteiger partial charge < -0.3 is 41.2 Å². The maximum atomic E-state index is 12.7. The van der Waals surface area contributed by atoms with Crippen LogP contribution in [0.2, 0.25) is 0 Å². The smallest absolute Gasteiger partial charge is 0.416 e. The van der Waals surface area contributed by atoms with Crippen LogP contribution >= 0.6 is 12.4 Å². The van der Waals surface area contributed by atoms with Gasteiger partial charge in [-0.25, -0.2) is 4.79 Å². The number of unbranched alkanes of at least 4 members (excludes halogenated alkanes) is 2. The summed E-state index contributed by atoms with van der Waals surface area (Å²) in [6, 6.07) is 28.3. The maximum absolute atomic E-state index is 12.7. The first-order chi connectivity index (χ1) is 30.0. The molecule has 23 heteroatoms. The Labute approximate surface area is 383 Å². The Kier molecular flexibility index (Phi) is 28.9. The number of nitrogens with one attached hydrogen (secondary N) is 3. The van der Waals surface area contributed by atoms with Gasteiger partial charge in [0, 0.05) is 23.7 Å². The maximum Gasteiger partial charge on any atom is 0.416 e. The number of halogens is 4. The van der Waals surface area contributed by atoms with Gasteiger partial charge in [-0.3, -0.25) is 19.9 Å². The summed E-state index contributed by atoms with van der Waals surface area (Å²) in [4.78, 5) is 11.8. The molecule has 1 atom stereocenters. The van der Waals surface area contributed by atoms with Gasteiger partial charge >= 0.3 is 12.1 Å². The lowest BCUT2D eigenvalue weighted by Gasteiger charge is -2.15. The van der Waals surface area contributed by atoms with Crippen molar-refractivity contribution < 1.29 is 68.3 Å². The van der Waals surface area contributed by atoms with E-state index in [9.17, 15) is 34.8 Å². The van der Waals surface area contributed by atoms with Crippen LogP contribution in [0.3, 0.4) is 0 Å². The fraction of sp³-hybridized carbons (Fsp3) is 0.357. The lowest BCUT2D eigenvalue weighted by molar-refractivity contribution is -0.137. The van der Waals surface area contributed by atoms with E-state index in [0.29, 0.717) is 48.4 Å². The molecule has 65 heavy (non-hydrogen) atoms. The summed E-state index contributed by atoms with van der Waals surface area (Å²) >= 11 is 0. The monoisotopic (exact) mass is 979 g/mol. The van der Waals surface area contributed by atoms with E-state index in [1.54, 1.807) is 54.6 Å². The number of benzene rings is 4. The van der Waals surface area contributed by atoms with E-state index in [1.807, 2.05) is 37.3 Å². The molecule has 0 aromatic heterocycles. The Morgan fingerprint density at radius 3 is 1.54 bits per heavy atom. The topological polar surface area (TPSA) is 306 Å². The fourth-order valence-corrected chi connectivity index (χ4v) is 5.32. The van der Waals surface area contributed by atoms with Crippen LogP contribution in [0.25, 0.3) is 0 Å². The first kappa shape index (κ1) is 59.7. The van der Waals surface area contributed by atoms with Gasteiger partial charge in [0.05, 0.1) is 49.1 Å². The highest BCUT2D eigenvalue weighted by molar-refractivity contribution is 7.86. The number of nitrogens with two attached hydrogens (primary N) is 2. The molecule has 362 valence electrons. The van der Waals surface area contributed by atoms with E-state index < -0.39 is 62.7 Å². The fourth-order valence-electron chi connectivity index (χ4n) is 4.86. The first-order valence-corrected chi connectivity index (χ1v) is 22.6. The number of carbonyl (C=O) groups excluding carboxylic acids is 1. The average molecular weight is 981 g/mol. The van der Waals surface area contributed by atoms with Crippen molar-refractivity contribution in [3.8, 4) is 11.5 Å². The third kappa shape index (κ3) is 29.7. The van der Waals surface area contributed by atoms with E-state index in [0.717, 1.165) is 42.9 Å². The molecule has 4 aromatic carbocycles. The number of ether oxygens (including phenoxy) is 3. The molecule has 0 amide bonds. The summed E-state index contributed by atoms with van der Waals surface area (Å²) in [6.45, 7) is 2.73. The molecule has 4 rings (SSSR count). The molecular formula is C42H57ClF3N5O12S2. The minimum atomic E-state index is -4.34. The molecule has 0 heterocycles. The summed E-state index contributed by atoms with van der Waals surface area (Å²) in [6.07, 6.45) is -0.978. The highest BCUT2D eigenvalue weighted by atomic mass is 35.5. The van der Waals surface area contributed by atoms with Crippen molar-refractivity contribution in [1.82, 2.24) is 5.32 Å². The second kappa shape index (κ2) is 31.5. The number of aliphatic hydroxyl groups excluding tert-OH is 2. The van der Waals surface area contributed by atoms with Gasteiger partial charge in [0.1, 0.15) is 29.8 Å². The molecule has 0 aliphatic rings. The zero-order valence-electron chi connectivity index (χ0n) is 35.4. The Hall–Kier alpha value is -5.33. The standard InChI is InChI=1S/C19H20F3NO2.C19H24N4O2.2C2H6O4S.ClH/c1-14(12-15-6-5-9-17(13-15)19(20,21)22)23-10-11-25-18(24)16-7-3-2-4-8-16;20-18(21)14-4-8-16(9-5-14)24-12-2-1-3-13-25-17-10-6-15(7-11-17)19(22)23;2*3-1-2-7(4,5)6;/h2-9,13-14,23H,10-12H2,1H3;4-11H,1-3,12-13H2,(H3,20,21)(H3,22,23);2*3H,1-2H2,(H,4,5,6);1H. The van der Waals surface area contributed by atoms with E-state index >= 15 is 0 Å². The zero-order valence-corrected chi connectivity index (χ0v) is 37.9. The lowest BCUT2D eigenvalue weighted by atomic mass is 10.0. The van der Waals surface area contributed by atoms with Gasteiger partial charge in [0.15, 0.2) is 0 Å². The molecule has 1 unspecified atom stereocenters. The van der Waals surface area contributed by atoms with Crippen LogP contribution in [0.15, 0.2) is 103 Å². The van der Waals surface area contributed by atoms with E-state index in [2.05, 4.69) is 5.32 Å². The number of nitrogen functional groups attached to an aromatic ring is 2. The number of hydrogen-bond acceptors (Lipinski definition) is 13. The van der Waals surface area contributed by atoms with Crippen LogP contribution in [0.5, 0.6) is 11.5 Å². The molecule has 0 spiro atoms. The Balaban J connectivity index is 0.000000964. The first-order valence-electron chi connectivity index (χ1n) is 19.4. The normalized spacial score (nSPS) is 11.3. The van der Waals surface area contributed by atoms with Crippen molar-refractivity contribution in [2.75, 3.05) is 51.1 Å². The van der Waals surface area contributed by atoms with Gasteiger partial charge in [0.25, 0.3) is 20.2 Å². The van der Waals surface area contributed by atoms with Crippen LogP contribution in [0.1, 0.15) is 58.8 Å². The molecule has 0 fully saturated rings. The van der Waals surface area contributed by atoms with Crippen molar-refractivity contribution in [3.05, 3.63) is 131 Å². The van der Waals surface area contributed by atoms with E-state index in [-0.39, 0.29) is 36.7 Å². The van der Waals surface area contributed by atoms with E-state index in [1.165, 1.54) is 6.07 Å². The third-order valence-electron chi connectivity index (χ3n) is 7.99. The summed E-state index contributed by atoms with van der Waals surface area (Å²) in [5.74, 6) is 0.136. The molecule has 0 aliphatic carbocycles. The summed E-state index contributed by atoms with van der Waals surface area (Å²) in [7, 11) is -7.85. The Morgan fingerprint density at radius 1 is 0.692 bits per heavy atom. The van der Waals surface area contributed by atoms with Crippen molar-refractivity contribution in [1.29, 1.82) is 10.8 Å². The van der Waals surface area contributed by atoms with Crippen molar-refractivity contribution in [3.63, 3.8) is 0 Å². The molecular weight excluding hydrogens is 923 g/mol. The van der Waals surface area contributed by atoms with Gasteiger partial charge in [0.2, 0.25) is 0 Å². The van der Waals surface area contributed by atoms with Crippen LogP contribution in [-0.2, 0) is 37.6 Å². The number of aliphatic hydroxyl groups is 2. The van der Waals surface area contributed by atoms with Gasteiger partial charge in [-0.05, 0) is 105 Å². The summed E-state index contributed by atoms with van der Waals surface area (Å²) in [5, 5.41) is 33.5. The number of hydrogen-bond donors (Lipinski definition) is 9. The molecule has 4 aromatic rings. The van der Waals surface area contributed by atoms with Crippen LogP contribution in [0.4, 0.5) is 13.2 Å². The molecule has 0 saturated carbocycles. The van der Waals surface area contributed by atoms with Crippen molar-refractivity contribution >= 4 is 50.3 Å². The second-order valence-electron chi connectivity index (χ2n) is 13.4. The molecule has 0 saturated heterocycles. The predicted molar refractivity (Wildman–Crippen MR) is 243 cm³/mol. The lowest BCUT2D eigenvalue weighted by Crippen LogP contribution is -2.31. The minimum Gasteiger partial charge on any atom is -0.494 e. The number of esters is 1. The van der Waals surface area contributed by atoms with Crippen LogP contribution in [0, 0.1) is 10.8 Å². The van der Waals surface area contributed by atoms with E-state index in [4.69, 9.17) is 55.8 Å². The summed E-state index contributed by atoms with van der Waals surface area (Å²) < 4.78 is 109. The van der Waals surface area contributed by atoms with Crippen molar-refractivity contribution in [2.45, 2.75) is 44.8 Å².